The van der Waals surface area contributed by atoms with E-state index < -0.39 is 11.7 Å². The Morgan fingerprint density at radius 2 is 2.03 bits per heavy atom. The number of pyridine rings is 2. The lowest BCUT2D eigenvalue weighted by Gasteiger charge is -2.40. The van der Waals surface area contributed by atoms with Crippen LogP contribution in [-0.2, 0) is 11.2 Å². The van der Waals surface area contributed by atoms with Crippen LogP contribution in [0.25, 0.3) is 10.6 Å². The summed E-state index contributed by atoms with van der Waals surface area (Å²) in [6.45, 7) is 12.9. The number of hydrogen-bond acceptors (Lipinski definition) is 7. The van der Waals surface area contributed by atoms with Gasteiger partial charge in [-0.15, -0.1) is 11.3 Å². The van der Waals surface area contributed by atoms with Crippen molar-refractivity contribution in [1.29, 1.82) is 0 Å². The van der Waals surface area contributed by atoms with Gasteiger partial charge < -0.3 is 15.0 Å². The lowest BCUT2D eigenvalue weighted by molar-refractivity contribution is -0.133. The molecule has 4 rings (SSSR count). The number of nitrogens with zero attached hydrogens (tertiary/aromatic N) is 4. The van der Waals surface area contributed by atoms with Crippen LogP contribution in [0, 0.1) is 26.6 Å². The number of ether oxygens (including phenoxy) is 1. The molecule has 0 aliphatic carbocycles. The van der Waals surface area contributed by atoms with Crippen molar-refractivity contribution >= 4 is 23.1 Å². The SMILES string of the molecule is CCN(C[C@@]1(C)CCc2cc(-c3nc(C)c(C)s3)c(C)nc2N1)C(=O)[C@H](C)c1cc(OC)ncc1F. The fourth-order valence-corrected chi connectivity index (χ4v) is 5.66. The molecule has 1 amide bonds. The molecule has 1 aliphatic rings. The number of methoxy groups -OCH3 is 1. The first-order valence-electron chi connectivity index (χ1n) is 12.3. The summed E-state index contributed by atoms with van der Waals surface area (Å²) in [7, 11) is 1.47. The molecule has 0 saturated heterocycles. The van der Waals surface area contributed by atoms with Gasteiger partial charge in [0, 0.05) is 40.9 Å². The number of aryl methyl sites for hydroxylation is 4. The van der Waals surface area contributed by atoms with Crippen molar-refractivity contribution in [3.05, 3.63) is 51.5 Å². The summed E-state index contributed by atoms with van der Waals surface area (Å²) in [5.41, 5.74) is 4.15. The molecule has 0 fully saturated rings. The van der Waals surface area contributed by atoms with Crippen LogP contribution in [0.2, 0.25) is 0 Å². The van der Waals surface area contributed by atoms with Gasteiger partial charge in [0.1, 0.15) is 16.6 Å². The Labute approximate surface area is 216 Å². The van der Waals surface area contributed by atoms with Gasteiger partial charge in [0.2, 0.25) is 11.8 Å². The Balaban J connectivity index is 1.53. The molecule has 0 radical (unpaired) electrons. The zero-order valence-corrected chi connectivity index (χ0v) is 22.8. The quantitative estimate of drug-likeness (QED) is 0.455. The van der Waals surface area contributed by atoms with Crippen LogP contribution in [-0.4, -0.2) is 51.5 Å². The minimum atomic E-state index is -0.658. The zero-order valence-electron chi connectivity index (χ0n) is 22.0. The Kier molecular flexibility index (Phi) is 7.31. The number of rotatable bonds is 7. The van der Waals surface area contributed by atoms with Gasteiger partial charge in [0.25, 0.3) is 0 Å². The van der Waals surface area contributed by atoms with Crippen molar-refractivity contribution in [2.75, 3.05) is 25.5 Å². The molecule has 0 bridgehead atoms. The summed E-state index contributed by atoms with van der Waals surface area (Å²) in [6, 6.07) is 3.70. The lowest BCUT2D eigenvalue weighted by Crippen LogP contribution is -2.51. The highest BCUT2D eigenvalue weighted by molar-refractivity contribution is 7.15. The van der Waals surface area contributed by atoms with Crippen LogP contribution in [0.4, 0.5) is 10.2 Å². The molecule has 7 nitrogen and oxygen atoms in total. The van der Waals surface area contributed by atoms with Crippen LogP contribution < -0.4 is 10.1 Å². The number of amides is 1. The van der Waals surface area contributed by atoms with Crippen molar-refractivity contribution in [3.63, 3.8) is 0 Å². The molecule has 0 aromatic carbocycles. The summed E-state index contributed by atoms with van der Waals surface area (Å²) in [5, 5.41) is 4.61. The first kappa shape index (κ1) is 26.0. The van der Waals surface area contributed by atoms with Gasteiger partial charge >= 0.3 is 0 Å². The summed E-state index contributed by atoms with van der Waals surface area (Å²) < 4.78 is 19.6. The van der Waals surface area contributed by atoms with E-state index in [-0.39, 0.29) is 22.9 Å². The first-order valence-corrected chi connectivity index (χ1v) is 13.1. The van der Waals surface area contributed by atoms with Crippen molar-refractivity contribution in [2.24, 2.45) is 0 Å². The molecule has 2 atom stereocenters. The van der Waals surface area contributed by atoms with Crippen molar-refractivity contribution in [3.8, 4) is 16.5 Å². The monoisotopic (exact) mass is 511 g/mol. The highest BCUT2D eigenvalue weighted by Gasteiger charge is 2.35. The summed E-state index contributed by atoms with van der Waals surface area (Å²) in [6.07, 6.45) is 2.79. The smallest absolute Gasteiger partial charge is 0.230 e. The maximum atomic E-state index is 14.5. The van der Waals surface area contributed by atoms with Crippen molar-refractivity contribution < 1.29 is 13.9 Å². The zero-order chi connectivity index (χ0) is 26.2. The number of nitrogens with one attached hydrogen (secondary N) is 1. The second-order valence-corrected chi connectivity index (χ2v) is 11.0. The van der Waals surface area contributed by atoms with Gasteiger partial charge in [-0.25, -0.2) is 19.3 Å². The number of anilines is 1. The first-order chi connectivity index (χ1) is 17.0. The molecule has 36 heavy (non-hydrogen) atoms. The lowest BCUT2D eigenvalue weighted by atomic mass is 9.87. The molecule has 0 spiro atoms. The Hall–Kier alpha value is -3.07. The fourth-order valence-electron chi connectivity index (χ4n) is 4.68. The fraction of sp³-hybridized carbons (Fsp3) is 0.481. The van der Waals surface area contributed by atoms with E-state index in [2.05, 4.69) is 30.2 Å². The van der Waals surface area contributed by atoms with E-state index in [4.69, 9.17) is 14.7 Å². The standard InChI is InChI=1S/C27H34FN5O2S/c1-8-33(26(34)15(2)20-12-23(35-7)29-13-22(20)28)14-27(6)10-9-19-11-21(17(4)30-24(19)32-27)25-31-16(3)18(5)36-25/h11-13,15H,8-10,14H2,1-7H3,(H,30,32)/t15-,27-/m1/s1. The molecular weight excluding hydrogens is 477 g/mol. The number of thiazole rings is 1. The van der Waals surface area contributed by atoms with Crippen molar-refractivity contribution in [2.45, 2.75) is 65.8 Å². The van der Waals surface area contributed by atoms with Gasteiger partial charge in [-0.2, -0.15) is 0 Å². The maximum Gasteiger partial charge on any atom is 0.230 e. The normalized spacial score (nSPS) is 17.8. The van der Waals surface area contributed by atoms with Crippen LogP contribution in [0.15, 0.2) is 18.3 Å². The van der Waals surface area contributed by atoms with Gasteiger partial charge in [-0.1, -0.05) is 0 Å². The van der Waals surface area contributed by atoms with Crippen molar-refractivity contribution in [1.82, 2.24) is 19.9 Å². The summed E-state index contributed by atoms with van der Waals surface area (Å²) >= 11 is 1.70. The third kappa shape index (κ3) is 5.07. The van der Waals surface area contributed by atoms with E-state index in [0.717, 1.165) is 52.4 Å². The minimum Gasteiger partial charge on any atom is -0.481 e. The number of carbonyl (C=O) groups excluding carboxylic acids is 1. The molecule has 9 heteroatoms. The average Bonchev–Trinajstić information content (AvgIpc) is 3.19. The topological polar surface area (TPSA) is 80.2 Å². The molecule has 3 aromatic heterocycles. The Morgan fingerprint density at radius 1 is 1.28 bits per heavy atom. The second kappa shape index (κ2) is 10.1. The molecule has 1 N–H and O–H groups in total. The molecule has 4 heterocycles. The van der Waals surface area contributed by atoms with Crippen LogP contribution >= 0.6 is 11.3 Å². The van der Waals surface area contributed by atoms with E-state index in [1.165, 1.54) is 18.1 Å². The average molecular weight is 512 g/mol. The highest BCUT2D eigenvalue weighted by atomic mass is 32.1. The largest absolute Gasteiger partial charge is 0.481 e. The predicted octanol–water partition coefficient (Wildman–Crippen LogP) is 5.44. The number of likely N-dealkylation sites (N-methyl/N-ethyl adjacent to an activating group) is 1. The predicted molar refractivity (Wildman–Crippen MR) is 141 cm³/mol. The minimum absolute atomic E-state index is 0.132. The number of aromatic nitrogens is 3. The summed E-state index contributed by atoms with van der Waals surface area (Å²) in [4.78, 5) is 29.9. The third-order valence-electron chi connectivity index (χ3n) is 7.06. The van der Waals surface area contributed by atoms with Crippen LogP contribution in [0.3, 0.4) is 0 Å². The number of hydrogen-bond donors (Lipinski definition) is 1. The number of halogens is 1. The Bertz CT molecular complexity index is 1270. The summed E-state index contributed by atoms with van der Waals surface area (Å²) in [5.74, 6) is -0.154. The van der Waals surface area contributed by atoms with Gasteiger partial charge in [-0.3, -0.25) is 4.79 Å². The second-order valence-electron chi connectivity index (χ2n) is 9.80. The molecule has 0 saturated carbocycles. The molecule has 0 unspecified atom stereocenters. The molecular formula is C27H34FN5O2S. The van der Waals surface area contributed by atoms with Crippen LogP contribution in [0.1, 0.15) is 60.5 Å². The van der Waals surface area contributed by atoms with Crippen LogP contribution in [0.5, 0.6) is 5.88 Å². The highest BCUT2D eigenvalue weighted by Crippen LogP contribution is 2.36. The van der Waals surface area contributed by atoms with E-state index >= 15 is 0 Å². The molecule has 3 aromatic rings. The van der Waals surface area contributed by atoms with E-state index in [9.17, 15) is 9.18 Å². The van der Waals surface area contributed by atoms with Gasteiger partial charge in [0.05, 0.1) is 30.5 Å². The van der Waals surface area contributed by atoms with E-state index in [1.807, 2.05) is 20.8 Å². The third-order valence-corrected chi connectivity index (χ3v) is 8.16. The van der Waals surface area contributed by atoms with E-state index in [0.29, 0.717) is 13.1 Å². The van der Waals surface area contributed by atoms with E-state index in [1.54, 1.807) is 23.2 Å². The van der Waals surface area contributed by atoms with Gasteiger partial charge in [-0.05, 0) is 66.0 Å². The Morgan fingerprint density at radius 3 is 2.67 bits per heavy atom. The maximum absolute atomic E-state index is 14.5. The molecule has 192 valence electrons. The molecule has 1 aliphatic heterocycles. The number of fused-ring (bicyclic) bond motifs is 1. The van der Waals surface area contributed by atoms with Gasteiger partial charge in [0.15, 0.2) is 0 Å². The number of carbonyl (C=O) groups is 1.